The minimum atomic E-state index is -0.167. The highest BCUT2D eigenvalue weighted by atomic mass is 19.1. The van der Waals surface area contributed by atoms with E-state index in [9.17, 15) is 4.39 Å². The molecule has 114 valence electrons. The molecule has 20 heavy (non-hydrogen) atoms. The van der Waals surface area contributed by atoms with Crippen LogP contribution >= 0.6 is 0 Å². The van der Waals surface area contributed by atoms with E-state index in [4.69, 9.17) is 5.73 Å². The van der Waals surface area contributed by atoms with Crippen molar-refractivity contribution in [3.05, 3.63) is 35.1 Å². The Morgan fingerprint density at radius 3 is 2.40 bits per heavy atom. The average Bonchev–Trinajstić information content (AvgIpc) is 3.23. The Morgan fingerprint density at radius 1 is 1.30 bits per heavy atom. The summed E-state index contributed by atoms with van der Waals surface area (Å²) in [6.45, 7) is 8.14. The summed E-state index contributed by atoms with van der Waals surface area (Å²) >= 11 is 0. The first-order valence-electron chi connectivity index (χ1n) is 7.97. The summed E-state index contributed by atoms with van der Waals surface area (Å²) in [5, 5.41) is 0. The Balaban J connectivity index is 0.000000240. The van der Waals surface area contributed by atoms with Crippen LogP contribution in [0.4, 0.5) is 4.39 Å². The molecule has 2 N–H and O–H groups in total. The Hall–Kier alpha value is -0.890. The van der Waals surface area contributed by atoms with Gasteiger partial charge in [0.2, 0.25) is 0 Å². The Bertz CT molecular complexity index is 396. The maximum Gasteiger partial charge on any atom is 0.126 e. The Labute approximate surface area is 123 Å². The third kappa shape index (κ3) is 6.04. The first kappa shape index (κ1) is 17.2. The van der Waals surface area contributed by atoms with Crippen LogP contribution in [0.2, 0.25) is 0 Å². The highest BCUT2D eigenvalue weighted by molar-refractivity contribution is 5.26. The summed E-state index contributed by atoms with van der Waals surface area (Å²) < 4.78 is 12.9. The molecular weight excluding hydrogens is 249 g/mol. The molecule has 1 nitrogen and oxygen atoms in total. The minimum absolute atomic E-state index is 0.000648. The van der Waals surface area contributed by atoms with E-state index in [0.717, 1.165) is 11.5 Å². The quantitative estimate of drug-likeness (QED) is 0.769. The molecule has 1 aliphatic carbocycles. The van der Waals surface area contributed by atoms with Crippen LogP contribution in [-0.4, -0.2) is 0 Å². The van der Waals surface area contributed by atoms with Crippen LogP contribution in [0.5, 0.6) is 0 Å². The number of nitrogens with two attached hydrogens (primary N) is 1. The van der Waals surface area contributed by atoms with Crippen LogP contribution in [0.1, 0.15) is 70.0 Å². The molecule has 0 aliphatic heterocycles. The fourth-order valence-electron chi connectivity index (χ4n) is 2.16. The van der Waals surface area contributed by atoms with Gasteiger partial charge < -0.3 is 5.73 Å². The van der Waals surface area contributed by atoms with Gasteiger partial charge in [-0.05, 0) is 36.0 Å². The molecule has 1 aliphatic rings. The Kier molecular flexibility index (Phi) is 7.22. The van der Waals surface area contributed by atoms with Crippen LogP contribution in [0.25, 0.3) is 0 Å². The summed E-state index contributed by atoms with van der Waals surface area (Å²) in [5.41, 5.74) is 7.60. The number of unbranched alkanes of at least 4 members (excludes halogenated alkanes) is 1. The molecule has 0 bridgehead atoms. The zero-order chi connectivity index (χ0) is 15.1. The van der Waals surface area contributed by atoms with Gasteiger partial charge in [-0.3, -0.25) is 0 Å². The lowest BCUT2D eigenvalue weighted by Crippen LogP contribution is -2.16. The van der Waals surface area contributed by atoms with Gasteiger partial charge in [0.25, 0.3) is 0 Å². The standard InChI is InChI=1S/C11H16FN.C7H14/c1-7(2)11(13)9-4-5-10(12)8(3)6-9;1-2-3-4-7-5-6-7/h4-7,11H,13H2,1-3H3;7H,2-6H2,1H3. The SMILES string of the molecule is CCCCC1CC1.Cc1cc(C(N)C(C)C)ccc1F. The lowest BCUT2D eigenvalue weighted by Gasteiger charge is -2.16. The van der Waals surface area contributed by atoms with Crippen molar-refractivity contribution in [2.45, 2.75) is 65.8 Å². The van der Waals surface area contributed by atoms with Crippen molar-refractivity contribution in [2.24, 2.45) is 17.6 Å². The second-order valence-corrected chi connectivity index (χ2v) is 6.36. The number of rotatable bonds is 5. The number of hydrogen-bond donors (Lipinski definition) is 1. The van der Waals surface area contributed by atoms with Crippen LogP contribution in [0.15, 0.2) is 18.2 Å². The van der Waals surface area contributed by atoms with E-state index in [1.165, 1.54) is 38.2 Å². The van der Waals surface area contributed by atoms with Gasteiger partial charge in [-0.2, -0.15) is 0 Å². The van der Waals surface area contributed by atoms with Crippen molar-refractivity contribution >= 4 is 0 Å². The van der Waals surface area contributed by atoms with Gasteiger partial charge in [-0.1, -0.05) is 65.0 Å². The molecule has 0 saturated heterocycles. The molecule has 1 atom stereocenters. The van der Waals surface area contributed by atoms with Crippen LogP contribution in [-0.2, 0) is 0 Å². The third-order valence-corrected chi connectivity index (χ3v) is 3.95. The van der Waals surface area contributed by atoms with Crippen molar-refractivity contribution < 1.29 is 4.39 Å². The minimum Gasteiger partial charge on any atom is -0.324 e. The number of aryl methyl sites for hydroxylation is 1. The highest BCUT2D eigenvalue weighted by Crippen LogP contribution is 2.33. The number of halogens is 1. The fraction of sp³-hybridized carbons (Fsp3) is 0.667. The molecule has 2 rings (SSSR count). The molecule has 0 amide bonds. The zero-order valence-corrected chi connectivity index (χ0v) is 13.5. The van der Waals surface area contributed by atoms with Gasteiger partial charge >= 0.3 is 0 Å². The van der Waals surface area contributed by atoms with Crippen molar-refractivity contribution in [1.29, 1.82) is 0 Å². The molecule has 0 radical (unpaired) electrons. The van der Waals surface area contributed by atoms with E-state index >= 15 is 0 Å². The van der Waals surface area contributed by atoms with Gasteiger partial charge in [0, 0.05) is 6.04 Å². The Morgan fingerprint density at radius 2 is 1.95 bits per heavy atom. The second kappa shape index (κ2) is 8.41. The highest BCUT2D eigenvalue weighted by Gasteiger charge is 2.19. The zero-order valence-electron chi connectivity index (χ0n) is 13.5. The first-order valence-corrected chi connectivity index (χ1v) is 7.97. The predicted molar refractivity (Wildman–Crippen MR) is 85.2 cm³/mol. The van der Waals surface area contributed by atoms with E-state index in [1.807, 2.05) is 6.07 Å². The fourth-order valence-corrected chi connectivity index (χ4v) is 2.16. The van der Waals surface area contributed by atoms with Gasteiger partial charge in [-0.25, -0.2) is 4.39 Å². The van der Waals surface area contributed by atoms with E-state index in [-0.39, 0.29) is 11.9 Å². The number of hydrogen-bond acceptors (Lipinski definition) is 1. The molecule has 2 heteroatoms. The van der Waals surface area contributed by atoms with Gasteiger partial charge in [0.15, 0.2) is 0 Å². The predicted octanol–water partition coefficient (Wildman–Crippen LogP) is 5.38. The maximum absolute atomic E-state index is 12.9. The van der Waals surface area contributed by atoms with Gasteiger partial charge in [0.05, 0.1) is 0 Å². The maximum atomic E-state index is 12.9. The molecule has 1 fully saturated rings. The molecule has 1 saturated carbocycles. The summed E-state index contributed by atoms with van der Waals surface area (Å²) in [4.78, 5) is 0. The second-order valence-electron chi connectivity index (χ2n) is 6.36. The molecule has 1 aromatic rings. The molecule has 1 unspecified atom stereocenters. The van der Waals surface area contributed by atoms with Crippen molar-refractivity contribution in [1.82, 2.24) is 0 Å². The monoisotopic (exact) mass is 279 g/mol. The summed E-state index contributed by atoms with van der Waals surface area (Å²) in [7, 11) is 0. The van der Waals surface area contributed by atoms with E-state index in [0.29, 0.717) is 11.5 Å². The molecule has 0 spiro atoms. The van der Waals surface area contributed by atoms with Crippen LogP contribution in [0, 0.1) is 24.6 Å². The van der Waals surface area contributed by atoms with Crippen molar-refractivity contribution in [3.8, 4) is 0 Å². The molecular formula is C18H30FN. The van der Waals surface area contributed by atoms with Crippen molar-refractivity contribution in [3.63, 3.8) is 0 Å². The number of benzene rings is 1. The normalized spacial score (nSPS) is 15.8. The third-order valence-electron chi connectivity index (χ3n) is 3.95. The van der Waals surface area contributed by atoms with Crippen LogP contribution in [0.3, 0.4) is 0 Å². The molecule has 0 aromatic heterocycles. The van der Waals surface area contributed by atoms with Gasteiger partial charge in [-0.15, -0.1) is 0 Å². The summed E-state index contributed by atoms with van der Waals surface area (Å²) in [5.74, 6) is 1.37. The topological polar surface area (TPSA) is 26.0 Å². The largest absolute Gasteiger partial charge is 0.324 e. The van der Waals surface area contributed by atoms with Gasteiger partial charge in [0.1, 0.15) is 5.82 Å². The lowest BCUT2D eigenvalue weighted by atomic mass is 9.96. The lowest BCUT2D eigenvalue weighted by molar-refractivity contribution is 0.512. The smallest absolute Gasteiger partial charge is 0.126 e. The summed E-state index contributed by atoms with van der Waals surface area (Å²) in [6, 6.07) is 5.05. The average molecular weight is 279 g/mol. The summed E-state index contributed by atoms with van der Waals surface area (Å²) in [6.07, 6.45) is 7.41. The van der Waals surface area contributed by atoms with E-state index in [2.05, 4.69) is 20.8 Å². The van der Waals surface area contributed by atoms with Crippen molar-refractivity contribution in [2.75, 3.05) is 0 Å². The molecule has 0 heterocycles. The van der Waals surface area contributed by atoms with E-state index < -0.39 is 0 Å². The molecule has 1 aromatic carbocycles. The van der Waals surface area contributed by atoms with Crippen LogP contribution < -0.4 is 5.73 Å². The van der Waals surface area contributed by atoms with E-state index in [1.54, 1.807) is 13.0 Å². The first-order chi connectivity index (χ1) is 9.45.